The van der Waals surface area contributed by atoms with Gasteiger partial charge in [-0.2, -0.15) is 0 Å². The van der Waals surface area contributed by atoms with Gasteiger partial charge in [-0.3, -0.25) is 4.79 Å². The van der Waals surface area contributed by atoms with E-state index < -0.39 is 0 Å². The van der Waals surface area contributed by atoms with E-state index >= 15 is 0 Å². The van der Waals surface area contributed by atoms with E-state index in [4.69, 9.17) is 11.6 Å². The summed E-state index contributed by atoms with van der Waals surface area (Å²) in [6, 6.07) is 8.71. The standard InChI is InChI=1S/C13H9Br2ClN2O/c1-7-5-8(14)11(6-9(7)16)18-13(19)10-3-2-4-12(15)17-10/h2-6H,1H3,(H,18,19). The van der Waals surface area contributed by atoms with Crippen molar-refractivity contribution in [2.75, 3.05) is 5.32 Å². The van der Waals surface area contributed by atoms with E-state index in [1.807, 2.05) is 13.0 Å². The maximum atomic E-state index is 12.1. The third kappa shape index (κ3) is 3.55. The van der Waals surface area contributed by atoms with E-state index in [-0.39, 0.29) is 5.91 Å². The molecule has 0 radical (unpaired) electrons. The summed E-state index contributed by atoms with van der Waals surface area (Å²) in [6.45, 7) is 1.90. The summed E-state index contributed by atoms with van der Waals surface area (Å²) < 4.78 is 1.39. The highest BCUT2D eigenvalue weighted by atomic mass is 79.9. The second kappa shape index (κ2) is 6.03. The fourth-order valence-corrected chi connectivity index (χ4v) is 2.53. The molecule has 0 spiro atoms. The number of hydrogen-bond donors (Lipinski definition) is 1. The van der Waals surface area contributed by atoms with Crippen LogP contribution in [0.25, 0.3) is 0 Å². The first-order chi connectivity index (χ1) is 8.97. The van der Waals surface area contributed by atoms with Crippen molar-refractivity contribution in [1.29, 1.82) is 0 Å². The van der Waals surface area contributed by atoms with Gasteiger partial charge in [0.05, 0.1) is 5.69 Å². The molecule has 1 aromatic carbocycles. The monoisotopic (exact) mass is 402 g/mol. The van der Waals surface area contributed by atoms with Gasteiger partial charge in [0.2, 0.25) is 0 Å². The molecule has 1 aromatic heterocycles. The Kier molecular flexibility index (Phi) is 4.60. The van der Waals surface area contributed by atoms with E-state index in [0.717, 1.165) is 10.0 Å². The van der Waals surface area contributed by atoms with Gasteiger partial charge in [0.1, 0.15) is 10.3 Å². The van der Waals surface area contributed by atoms with Crippen molar-refractivity contribution in [3.05, 3.63) is 55.7 Å². The molecule has 0 saturated carbocycles. The third-order valence-corrected chi connectivity index (χ3v) is 3.95. The van der Waals surface area contributed by atoms with Crippen LogP contribution in [0.4, 0.5) is 5.69 Å². The van der Waals surface area contributed by atoms with Crippen molar-refractivity contribution in [3.8, 4) is 0 Å². The third-order valence-electron chi connectivity index (χ3n) is 2.44. The first kappa shape index (κ1) is 14.5. The molecular formula is C13H9Br2ClN2O. The van der Waals surface area contributed by atoms with Crippen molar-refractivity contribution >= 4 is 55.1 Å². The molecule has 19 heavy (non-hydrogen) atoms. The molecule has 0 fully saturated rings. The Morgan fingerprint density at radius 3 is 2.74 bits per heavy atom. The van der Waals surface area contributed by atoms with Crippen LogP contribution in [-0.2, 0) is 0 Å². The number of anilines is 1. The maximum Gasteiger partial charge on any atom is 0.274 e. The predicted molar refractivity (Wildman–Crippen MR) is 83.8 cm³/mol. The number of aromatic nitrogens is 1. The van der Waals surface area contributed by atoms with Gasteiger partial charge >= 0.3 is 0 Å². The number of carbonyl (C=O) groups is 1. The number of nitrogens with zero attached hydrogens (tertiary/aromatic N) is 1. The number of nitrogens with one attached hydrogen (secondary N) is 1. The number of pyridine rings is 1. The highest BCUT2D eigenvalue weighted by Crippen LogP contribution is 2.29. The molecule has 98 valence electrons. The number of hydrogen-bond acceptors (Lipinski definition) is 2. The molecule has 1 N–H and O–H groups in total. The molecule has 2 rings (SSSR count). The molecule has 0 aliphatic heterocycles. The minimum atomic E-state index is -0.290. The zero-order valence-corrected chi connectivity index (χ0v) is 13.8. The molecule has 1 heterocycles. The molecular weight excluding hydrogens is 395 g/mol. The molecule has 0 saturated heterocycles. The van der Waals surface area contributed by atoms with Crippen molar-refractivity contribution in [3.63, 3.8) is 0 Å². The number of aryl methyl sites for hydroxylation is 1. The summed E-state index contributed by atoms with van der Waals surface area (Å²) in [5, 5.41) is 3.37. The Bertz CT molecular complexity index is 647. The number of benzene rings is 1. The zero-order chi connectivity index (χ0) is 14.0. The molecule has 0 unspecified atom stereocenters. The molecule has 0 bridgehead atoms. The summed E-state index contributed by atoms with van der Waals surface area (Å²) in [7, 11) is 0. The Balaban J connectivity index is 2.27. The number of rotatable bonds is 2. The average Bonchev–Trinajstić information content (AvgIpc) is 2.36. The second-order valence-electron chi connectivity index (χ2n) is 3.88. The number of amides is 1. The molecule has 0 aliphatic carbocycles. The second-order valence-corrected chi connectivity index (χ2v) is 5.95. The van der Waals surface area contributed by atoms with Gasteiger partial charge in [-0.1, -0.05) is 17.7 Å². The smallest absolute Gasteiger partial charge is 0.274 e. The Labute approximate surface area is 132 Å². The van der Waals surface area contributed by atoms with Gasteiger partial charge in [-0.15, -0.1) is 0 Å². The molecule has 0 atom stereocenters. The van der Waals surface area contributed by atoms with Gasteiger partial charge < -0.3 is 5.32 Å². The van der Waals surface area contributed by atoms with Crippen LogP contribution in [0.3, 0.4) is 0 Å². The zero-order valence-electron chi connectivity index (χ0n) is 9.88. The van der Waals surface area contributed by atoms with Crippen LogP contribution < -0.4 is 5.32 Å². The maximum absolute atomic E-state index is 12.1. The highest BCUT2D eigenvalue weighted by Gasteiger charge is 2.11. The Hall–Kier alpha value is -0.910. The molecule has 0 aliphatic rings. The topological polar surface area (TPSA) is 42.0 Å². The van der Waals surface area contributed by atoms with Gasteiger partial charge in [-0.05, 0) is 68.6 Å². The minimum Gasteiger partial charge on any atom is -0.320 e. The van der Waals surface area contributed by atoms with Gasteiger partial charge in [0.25, 0.3) is 5.91 Å². The predicted octanol–water partition coefficient (Wildman–Crippen LogP) is 4.82. The van der Waals surface area contributed by atoms with Gasteiger partial charge in [-0.25, -0.2) is 4.98 Å². The lowest BCUT2D eigenvalue weighted by atomic mass is 10.2. The highest BCUT2D eigenvalue weighted by molar-refractivity contribution is 9.10. The minimum absolute atomic E-state index is 0.290. The van der Waals surface area contributed by atoms with Crippen LogP contribution in [-0.4, -0.2) is 10.9 Å². The first-order valence-electron chi connectivity index (χ1n) is 5.37. The normalized spacial score (nSPS) is 10.3. The van der Waals surface area contributed by atoms with Crippen molar-refractivity contribution in [1.82, 2.24) is 4.98 Å². The van der Waals surface area contributed by atoms with E-state index in [2.05, 4.69) is 42.2 Å². The fourth-order valence-electron chi connectivity index (χ4n) is 1.46. The van der Waals surface area contributed by atoms with E-state index in [1.54, 1.807) is 24.3 Å². The molecule has 1 amide bonds. The lowest BCUT2D eigenvalue weighted by Gasteiger charge is -2.09. The van der Waals surface area contributed by atoms with Crippen LogP contribution in [0.1, 0.15) is 16.1 Å². The lowest BCUT2D eigenvalue weighted by Crippen LogP contribution is -2.14. The largest absolute Gasteiger partial charge is 0.320 e. The molecule has 3 nitrogen and oxygen atoms in total. The molecule has 6 heteroatoms. The number of carbonyl (C=O) groups excluding carboxylic acids is 1. The summed E-state index contributed by atoms with van der Waals surface area (Å²) in [6.07, 6.45) is 0. The van der Waals surface area contributed by atoms with E-state index in [9.17, 15) is 4.79 Å². The summed E-state index contributed by atoms with van der Waals surface area (Å²) in [4.78, 5) is 16.2. The quantitative estimate of drug-likeness (QED) is 0.729. The molecule has 2 aromatic rings. The van der Waals surface area contributed by atoms with Crippen LogP contribution in [0.5, 0.6) is 0 Å². The Morgan fingerprint density at radius 2 is 2.05 bits per heavy atom. The van der Waals surface area contributed by atoms with Crippen molar-refractivity contribution in [2.45, 2.75) is 6.92 Å². The Morgan fingerprint density at radius 1 is 1.32 bits per heavy atom. The SMILES string of the molecule is Cc1cc(Br)c(NC(=O)c2cccc(Br)n2)cc1Cl. The van der Waals surface area contributed by atoms with E-state index in [0.29, 0.717) is 21.0 Å². The van der Waals surface area contributed by atoms with Gasteiger partial charge in [0.15, 0.2) is 0 Å². The summed E-state index contributed by atoms with van der Waals surface area (Å²) in [5.41, 5.74) is 1.88. The summed E-state index contributed by atoms with van der Waals surface area (Å²) >= 11 is 12.7. The van der Waals surface area contributed by atoms with Crippen molar-refractivity contribution < 1.29 is 4.79 Å². The van der Waals surface area contributed by atoms with Crippen LogP contribution >= 0.6 is 43.5 Å². The first-order valence-corrected chi connectivity index (χ1v) is 7.33. The van der Waals surface area contributed by atoms with Crippen molar-refractivity contribution in [2.24, 2.45) is 0 Å². The van der Waals surface area contributed by atoms with Crippen LogP contribution in [0.2, 0.25) is 5.02 Å². The van der Waals surface area contributed by atoms with E-state index in [1.165, 1.54) is 0 Å². The lowest BCUT2D eigenvalue weighted by molar-refractivity contribution is 0.102. The fraction of sp³-hybridized carbons (Fsp3) is 0.0769. The van der Waals surface area contributed by atoms with Crippen LogP contribution in [0, 0.1) is 6.92 Å². The van der Waals surface area contributed by atoms with Gasteiger partial charge in [0, 0.05) is 9.50 Å². The number of halogens is 3. The average molecular weight is 404 g/mol. The summed E-state index contributed by atoms with van der Waals surface area (Å²) in [5.74, 6) is -0.290. The van der Waals surface area contributed by atoms with Crippen LogP contribution in [0.15, 0.2) is 39.4 Å².